The van der Waals surface area contributed by atoms with Gasteiger partial charge in [-0.2, -0.15) is 0 Å². The van der Waals surface area contributed by atoms with Gasteiger partial charge in [0, 0.05) is 30.3 Å². The quantitative estimate of drug-likeness (QED) is 0.221. The fourth-order valence-corrected chi connectivity index (χ4v) is 8.36. The van der Waals surface area contributed by atoms with Crippen molar-refractivity contribution < 1.29 is 14.6 Å². The Morgan fingerprint density at radius 3 is 2.47 bits per heavy atom. The number of aliphatic hydroxyl groups excluding tert-OH is 1. The molecule has 0 amide bonds. The van der Waals surface area contributed by atoms with Gasteiger partial charge >= 0.3 is 0 Å². The Bertz CT molecular complexity index is 1480. The van der Waals surface area contributed by atoms with Gasteiger partial charge in [-0.15, -0.1) is 0 Å². The van der Waals surface area contributed by atoms with Gasteiger partial charge in [-0.05, 0) is 111 Å². The number of hydrogen-bond acceptors (Lipinski definition) is 4. The molecule has 45 heavy (non-hydrogen) atoms. The van der Waals surface area contributed by atoms with E-state index in [0.717, 1.165) is 69.1 Å². The topological polar surface area (TPSA) is 68.5 Å². The summed E-state index contributed by atoms with van der Waals surface area (Å²) in [5.41, 5.74) is 4.21. The van der Waals surface area contributed by atoms with E-state index in [1.54, 1.807) is 22.9 Å². The maximum Gasteiger partial charge on any atom is 0.250 e. The molecule has 0 saturated heterocycles. The molecule has 2 heterocycles. The Hall–Kier alpha value is -3.18. The van der Waals surface area contributed by atoms with Gasteiger partial charge in [-0.25, -0.2) is 0 Å². The molecule has 3 aromatic rings. The minimum atomic E-state index is -0.610. The zero-order valence-electron chi connectivity index (χ0n) is 27.1. The second-order valence-electron chi connectivity index (χ2n) is 14.1. The fourth-order valence-electron chi connectivity index (χ4n) is 8.36. The Kier molecular flexibility index (Phi) is 10.2. The molecule has 240 valence electrons. The molecule has 0 radical (unpaired) electrons. The van der Waals surface area contributed by atoms with Crippen LogP contribution in [0.3, 0.4) is 0 Å². The Morgan fingerprint density at radius 1 is 0.956 bits per heavy atom. The Morgan fingerprint density at radius 2 is 1.71 bits per heavy atom. The molecule has 1 N–H and O–H groups in total. The van der Waals surface area contributed by atoms with Gasteiger partial charge < -0.3 is 14.4 Å². The van der Waals surface area contributed by atoms with Crippen molar-refractivity contribution in [1.29, 1.82) is 0 Å². The van der Waals surface area contributed by atoms with Crippen LogP contribution in [0.4, 0.5) is 0 Å². The van der Waals surface area contributed by atoms with E-state index < -0.39 is 6.10 Å². The first-order valence-electron chi connectivity index (χ1n) is 17.7. The summed E-state index contributed by atoms with van der Waals surface area (Å²) < 4.78 is 8.55. The van der Waals surface area contributed by atoms with Crippen LogP contribution in [0.15, 0.2) is 71.7 Å². The molecule has 2 fully saturated rings. The lowest BCUT2D eigenvalue weighted by molar-refractivity contribution is -0.00242. The number of ketones is 1. The van der Waals surface area contributed by atoms with Gasteiger partial charge in [0.05, 0.1) is 6.10 Å². The first-order chi connectivity index (χ1) is 21.9. The summed E-state index contributed by atoms with van der Waals surface area (Å²) in [4.78, 5) is 26.5. The number of nitrogens with zero attached hydrogens (tertiary/aromatic N) is 1. The molecule has 5 heteroatoms. The molecule has 5 nitrogen and oxygen atoms in total. The minimum absolute atomic E-state index is 0.00435. The zero-order chi connectivity index (χ0) is 31.2. The van der Waals surface area contributed by atoms with E-state index in [0.29, 0.717) is 24.3 Å². The predicted molar refractivity (Wildman–Crippen MR) is 180 cm³/mol. The standard InChI is InChI=1S/C40H51NO4/c1-2-29-16-20-38-35(25-29)31(27-40(45-38)22-10-5-11-23-40)17-19-36(42)33(24-30-12-6-3-7-13-30)26-37(43)32-18-21-39(44)41(28-32)34-14-8-4-9-15-34/h3,6-7,12-13,16,18,20-21,25,28,31,33-34,36,42H,2,4-5,8-11,14-15,17,19,22-24,26-27H2,1H3/t31-,33+,36+/m0/s1. The van der Waals surface area contributed by atoms with Crippen molar-refractivity contribution >= 4 is 5.78 Å². The van der Waals surface area contributed by atoms with E-state index in [-0.39, 0.29) is 35.3 Å². The first kappa shape index (κ1) is 31.8. The third kappa shape index (κ3) is 7.62. The number of rotatable bonds is 11. The van der Waals surface area contributed by atoms with Gasteiger partial charge in [0.25, 0.3) is 5.56 Å². The van der Waals surface area contributed by atoms with Crippen molar-refractivity contribution in [3.05, 3.63) is 99.5 Å². The number of aliphatic hydroxyl groups is 1. The average Bonchev–Trinajstić information content (AvgIpc) is 3.08. The largest absolute Gasteiger partial charge is 0.487 e. The van der Waals surface area contributed by atoms with Crippen molar-refractivity contribution in [2.75, 3.05) is 0 Å². The summed E-state index contributed by atoms with van der Waals surface area (Å²) in [5.74, 6) is 1.16. The molecular formula is C40H51NO4. The van der Waals surface area contributed by atoms with Crippen molar-refractivity contribution in [2.24, 2.45) is 5.92 Å². The molecule has 1 aliphatic heterocycles. The molecule has 3 aliphatic rings. The molecule has 1 spiro atoms. The molecule has 0 unspecified atom stereocenters. The summed E-state index contributed by atoms with van der Waals surface area (Å²) in [6, 6.07) is 20.3. The molecular weight excluding hydrogens is 558 g/mol. The van der Waals surface area contributed by atoms with Gasteiger partial charge in [0.15, 0.2) is 5.78 Å². The summed E-state index contributed by atoms with van der Waals surface area (Å²) in [7, 11) is 0. The number of carbonyl (C=O) groups is 1. The van der Waals surface area contributed by atoms with Crippen LogP contribution in [0.25, 0.3) is 0 Å². The SMILES string of the molecule is CCc1ccc2c(c1)[C@@H](CC[C@@H](O)[C@@H](CC(=O)c1ccc(=O)n(C3CCCCC3)c1)Cc1ccccc1)CC1(CCCCC1)O2. The van der Waals surface area contributed by atoms with E-state index in [2.05, 4.69) is 37.3 Å². The highest BCUT2D eigenvalue weighted by molar-refractivity contribution is 5.96. The fraction of sp³-hybridized carbons (Fsp3) is 0.550. The number of Topliss-reactive ketones (excluding diaryl/α,β-unsaturated/α-hetero) is 1. The molecule has 2 saturated carbocycles. The number of fused-ring (bicyclic) bond motifs is 1. The predicted octanol–water partition coefficient (Wildman–Crippen LogP) is 8.76. The molecule has 0 bridgehead atoms. The van der Waals surface area contributed by atoms with Crippen molar-refractivity contribution in [3.63, 3.8) is 0 Å². The average molecular weight is 610 g/mol. The number of carbonyl (C=O) groups excluding carboxylic acids is 1. The number of benzene rings is 2. The smallest absolute Gasteiger partial charge is 0.250 e. The van der Waals surface area contributed by atoms with Crippen molar-refractivity contribution in [1.82, 2.24) is 4.57 Å². The summed E-state index contributed by atoms with van der Waals surface area (Å²) in [6.07, 6.45) is 17.0. The van der Waals surface area contributed by atoms with Crippen LogP contribution in [0.2, 0.25) is 0 Å². The van der Waals surface area contributed by atoms with Crippen LogP contribution < -0.4 is 10.3 Å². The number of pyridine rings is 1. The maximum atomic E-state index is 13.8. The maximum absolute atomic E-state index is 13.8. The lowest BCUT2D eigenvalue weighted by Crippen LogP contribution is -2.43. The minimum Gasteiger partial charge on any atom is -0.487 e. The highest BCUT2D eigenvalue weighted by Crippen LogP contribution is 2.49. The highest BCUT2D eigenvalue weighted by atomic mass is 16.5. The molecule has 3 atom stereocenters. The van der Waals surface area contributed by atoms with Gasteiger partial charge in [0.1, 0.15) is 11.4 Å². The Balaban J connectivity index is 1.20. The molecule has 6 rings (SSSR count). The van der Waals surface area contributed by atoms with Crippen LogP contribution in [0.5, 0.6) is 5.75 Å². The van der Waals surface area contributed by atoms with Crippen LogP contribution in [0, 0.1) is 5.92 Å². The summed E-state index contributed by atoms with van der Waals surface area (Å²) in [5, 5.41) is 11.8. The van der Waals surface area contributed by atoms with E-state index in [9.17, 15) is 14.7 Å². The molecule has 2 aromatic carbocycles. The third-order valence-corrected chi connectivity index (χ3v) is 11.0. The van der Waals surface area contributed by atoms with Crippen LogP contribution in [0.1, 0.15) is 136 Å². The first-order valence-corrected chi connectivity index (χ1v) is 17.7. The van der Waals surface area contributed by atoms with Gasteiger partial charge in [0.2, 0.25) is 0 Å². The van der Waals surface area contributed by atoms with Crippen LogP contribution in [-0.4, -0.2) is 27.2 Å². The second-order valence-corrected chi connectivity index (χ2v) is 14.1. The third-order valence-electron chi connectivity index (χ3n) is 11.0. The van der Waals surface area contributed by atoms with Crippen molar-refractivity contribution in [2.45, 2.75) is 133 Å². The van der Waals surface area contributed by atoms with E-state index in [1.807, 2.05) is 18.2 Å². The lowest BCUT2D eigenvalue weighted by Gasteiger charge is -2.45. The second kappa shape index (κ2) is 14.5. The zero-order valence-corrected chi connectivity index (χ0v) is 27.1. The Labute approximate surface area is 269 Å². The molecule has 2 aliphatic carbocycles. The lowest BCUT2D eigenvalue weighted by atomic mass is 9.72. The highest BCUT2D eigenvalue weighted by Gasteiger charge is 2.42. The normalized spacial score (nSPS) is 21.1. The monoisotopic (exact) mass is 609 g/mol. The summed E-state index contributed by atoms with van der Waals surface area (Å²) in [6.45, 7) is 2.19. The number of ether oxygens (including phenoxy) is 1. The molecule has 1 aromatic heterocycles. The van der Waals surface area contributed by atoms with E-state index in [4.69, 9.17) is 4.74 Å². The van der Waals surface area contributed by atoms with E-state index in [1.165, 1.54) is 36.8 Å². The van der Waals surface area contributed by atoms with Crippen LogP contribution in [-0.2, 0) is 12.8 Å². The number of hydrogen-bond donors (Lipinski definition) is 1. The summed E-state index contributed by atoms with van der Waals surface area (Å²) >= 11 is 0. The van der Waals surface area contributed by atoms with Crippen molar-refractivity contribution in [3.8, 4) is 5.75 Å². The van der Waals surface area contributed by atoms with Gasteiger partial charge in [-0.1, -0.05) is 75.1 Å². The van der Waals surface area contributed by atoms with E-state index >= 15 is 0 Å². The number of aryl methyl sites for hydroxylation is 1. The van der Waals surface area contributed by atoms with Gasteiger partial charge in [-0.3, -0.25) is 9.59 Å². The number of aromatic nitrogens is 1. The van der Waals surface area contributed by atoms with Crippen LogP contribution >= 0.6 is 0 Å².